The highest BCUT2D eigenvalue weighted by atomic mass is 14.6. The second-order valence-electron chi connectivity index (χ2n) is 7.04. The fourth-order valence-corrected chi connectivity index (χ4v) is 4.44. The van der Waals surface area contributed by atoms with E-state index in [9.17, 15) is 0 Å². The molecule has 0 unspecified atom stereocenters. The Kier molecular flexibility index (Phi) is 2.91. The average Bonchev–Trinajstić information content (AvgIpc) is 2.96. The van der Waals surface area contributed by atoms with E-state index in [2.05, 4.69) is 86.7 Å². The fraction of sp³-hybridized carbons (Fsp3) is 0.273. The Morgan fingerprint density at radius 2 is 0.955 bits per heavy atom. The summed E-state index contributed by atoms with van der Waals surface area (Å²) in [6, 6.07) is 21.8. The zero-order valence-corrected chi connectivity index (χ0v) is 13.3. The molecule has 0 heteroatoms. The molecule has 0 N–H and O–H groups in total. The molecule has 22 heavy (non-hydrogen) atoms. The third-order valence-electron chi connectivity index (χ3n) is 6.01. The molecule has 0 spiro atoms. The van der Waals surface area contributed by atoms with Gasteiger partial charge in [0.15, 0.2) is 0 Å². The minimum atomic E-state index is 0.208. The molecule has 0 aromatic heterocycles. The van der Waals surface area contributed by atoms with Crippen LogP contribution in [0, 0.1) is 10.8 Å². The highest BCUT2D eigenvalue weighted by molar-refractivity contribution is 5.84. The molecule has 0 nitrogen and oxygen atoms in total. The van der Waals surface area contributed by atoms with E-state index in [0.29, 0.717) is 0 Å². The molecule has 0 heterocycles. The van der Waals surface area contributed by atoms with Crippen LogP contribution in [0.15, 0.2) is 72.8 Å². The van der Waals surface area contributed by atoms with Gasteiger partial charge in [-0.25, -0.2) is 0 Å². The van der Waals surface area contributed by atoms with Crippen molar-refractivity contribution in [3.63, 3.8) is 0 Å². The van der Waals surface area contributed by atoms with Crippen molar-refractivity contribution in [2.24, 2.45) is 10.8 Å². The summed E-state index contributed by atoms with van der Waals surface area (Å²) in [5.41, 5.74) is 6.24. The van der Waals surface area contributed by atoms with E-state index in [1.165, 1.54) is 22.3 Å². The Hall–Kier alpha value is -2.08. The van der Waals surface area contributed by atoms with Gasteiger partial charge in [-0.15, -0.1) is 0 Å². The number of rotatable bonds is 2. The van der Waals surface area contributed by atoms with Crippen LogP contribution in [0.1, 0.15) is 37.8 Å². The lowest BCUT2D eigenvalue weighted by Crippen LogP contribution is -2.31. The minimum absolute atomic E-state index is 0.208. The van der Waals surface area contributed by atoms with Crippen molar-refractivity contribution in [2.75, 3.05) is 0 Å². The summed E-state index contributed by atoms with van der Waals surface area (Å²) in [7, 11) is 0. The number of hydrogen-bond acceptors (Lipinski definition) is 0. The second kappa shape index (κ2) is 4.71. The van der Waals surface area contributed by atoms with E-state index < -0.39 is 0 Å². The zero-order chi connectivity index (χ0) is 15.2. The SMILES string of the molecule is C[C@]12CC=C(c3ccccc3)[C@@]1(C)CC=C2c1ccccc1. The van der Waals surface area contributed by atoms with Gasteiger partial charge in [-0.05, 0) is 35.1 Å². The van der Waals surface area contributed by atoms with E-state index in [1.807, 2.05) is 0 Å². The van der Waals surface area contributed by atoms with Gasteiger partial charge in [0.2, 0.25) is 0 Å². The third-order valence-corrected chi connectivity index (χ3v) is 6.01. The molecule has 2 aromatic carbocycles. The first-order valence-electron chi connectivity index (χ1n) is 8.17. The van der Waals surface area contributed by atoms with Crippen molar-refractivity contribution in [1.29, 1.82) is 0 Å². The van der Waals surface area contributed by atoms with Crippen LogP contribution in [0.5, 0.6) is 0 Å². The molecule has 0 bridgehead atoms. The van der Waals surface area contributed by atoms with E-state index in [4.69, 9.17) is 0 Å². The fourth-order valence-electron chi connectivity index (χ4n) is 4.44. The summed E-state index contributed by atoms with van der Waals surface area (Å²) >= 11 is 0. The van der Waals surface area contributed by atoms with Gasteiger partial charge in [0.25, 0.3) is 0 Å². The molecule has 2 atom stereocenters. The van der Waals surface area contributed by atoms with Crippen molar-refractivity contribution < 1.29 is 0 Å². The third kappa shape index (κ3) is 1.70. The highest BCUT2D eigenvalue weighted by Gasteiger charge is 2.55. The summed E-state index contributed by atoms with van der Waals surface area (Å²) in [5, 5.41) is 0. The average molecular weight is 286 g/mol. The monoisotopic (exact) mass is 286 g/mol. The largest absolute Gasteiger partial charge is 0.0792 e. The quantitative estimate of drug-likeness (QED) is 0.637. The number of allylic oxidation sites excluding steroid dienone is 4. The number of hydrogen-bond donors (Lipinski definition) is 0. The predicted molar refractivity (Wildman–Crippen MR) is 94.3 cm³/mol. The molecule has 0 saturated heterocycles. The Labute approximate surface area is 133 Å². The maximum absolute atomic E-state index is 2.48. The first-order chi connectivity index (χ1) is 10.7. The standard InChI is InChI=1S/C22H22/c1-21-15-13-20(18-11-7-4-8-12-18)22(21,2)16-14-19(21)17-9-5-3-6-10-17/h3-14H,15-16H2,1-2H3/t21-,22-/m1/s1. The van der Waals surface area contributed by atoms with Crippen molar-refractivity contribution in [2.45, 2.75) is 26.7 Å². The van der Waals surface area contributed by atoms with Gasteiger partial charge in [0.1, 0.15) is 0 Å². The van der Waals surface area contributed by atoms with Crippen LogP contribution in [0.25, 0.3) is 11.1 Å². The van der Waals surface area contributed by atoms with E-state index in [0.717, 1.165) is 12.8 Å². The zero-order valence-electron chi connectivity index (χ0n) is 13.3. The van der Waals surface area contributed by atoms with Gasteiger partial charge in [-0.1, -0.05) is 86.7 Å². The van der Waals surface area contributed by atoms with E-state index in [-0.39, 0.29) is 10.8 Å². The van der Waals surface area contributed by atoms with Gasteiger partial charge in [0, 0.05) is 10.8 Å². The summed E-state index contributed by atoms with van der Waals surface area (Å²) in [4.78, 5) is 0. The van der Waals surface area contributed by atoms with Crippen molar-refractivity contribution >= 4 is 11.1 Å². The molecule has 0 saturated carbocycles. The number of benzene rings is 2. The Bertz CT molecular complexity index is 684. The van der Waals surface area contributed by atoms with Crippen molar-refractivity contribution in [3.8, 4) is 0 Å². The summed E-state index contributed by atoms with van der Waals surface area (Å²) in [6.07, 6.45) is 7.22. The lowest BCUT2D eigenvalue weighted by atomic mass is 9.62. The smallest absolute Gasteiger partial charge is 0.00593 e. The molecule has 2 aliphatic rings. The first kappa shape index (κ1) is 13.6. The maximum Gasteiger partial charge on any atom is 0.00593 e. The molecule has 0 fully saturated rings. The molecule has 2 aliphatic carbocycles. The predicted octanol–water partition coefficient (Wildman–Crippen LogP) is 5.97. The molecule has 4 rings (SSSR count). The van der Waals surface area contributed by atoms with Crippen LogP contribution >= 0.6 is 0 Å². The first-order valence-corrected chi connectivity index (χ1v) is 8.17. The van der Waals surface area contributed by atoms with Crippen LogP contribution < -0.4 is 0 Å². The van der Waals surface area contributed by atoms with Crippen LogP contribution in [0.3, 0.4) is 0 Å². The Morgan fingerprint density at radius 1 is 0.591 bits per heavy atom. The Balaban J connectivity index is 1.77. The van der Waals surface area contributed by atoms with Gasteiger partial charge >= 0.3 is 0 Å². The van der Waals surface area contributed by atoms with Gasteiger partial charge in [-0.3, -0.25) is 0 Å². The minimum Gasteiger partial charge on any atom is -0.0792 e. The van der Waals surface area contributed by atoms with Crippen LogP contribution in [0.4, 0.5) is 0 Å². The molecule has 0 radical (unpaired) electrons. The van der Waals surface area contributed by atoms with E-state index in [1.54, 1.807) is 0 Å². The lowest BCUT2D eigenvalue weighted by Gasteiger charge is -2.40. The molecular formula is C22H22. The van der Waals surface area contributed by atoms with Gasteiger partial charge < -0.3 is 0 Å². The molecular weight excluding hydrogens is 264 g/mol. The Morgan fingerprint density at radius 3 is 1.32 bits per heavy atom. The summed E-state index contributed by atoms with van der Waals surface area (Å²) in [6.45, 7) is 4.90. The highest BCUT2D eigenvalue weighted by Crippen LogP contribution is 2.67. The van der Waals surface area contributed by atoms with Gasteiger partial charge in [-0.2, -0.15) is 0 Å². The molecule has 0 amide bonds. The summed E-state index contributed by atoms with van der Waals surface area (Å²) in [5.74, 6) is 0. The van der Waals surface area contributed by atoms with Crippen molar-refractivity contribution in [1.82, 2.24) is 0 Å². The second-order valence-corrected chi connectivity index (χ2v) is 7.04. The van der Waals surface area contributed by atoms with Crippen molar-refractivity contribution in [3.05, 3.63) is 83.9 Å². The summed E-state index contributed by atoms with van der Waals surface area (Å²) < 4.78 is 0. The van der Waals surface area contributed by atoms with Crippen LogP contribution in [-0.4, -0.2) is 0 Å². The van der Waals surface area contributed by atoms with E-state index >= 15 is 0 Å². The van der Waals surface area contributed by atoms with Crippen LogP contribution in [-0.2, 0) is 0 Å². The lowest BCUT2D eigenvalue weighted by molar-refractivity contribution is 0.252. The maximum atomic E-state index is 2.48. The molecule has 2 aromatic rings. The van der Waals surface area contributed by atoms with Gasteiger partial charge in [0.05, 0.1) is 0 Å². The molecule has 110 valence electrons. The molecule has 0 aliphatic heterocycles. The normalized spacial score (nSPS) is 29.9. The number of fused-ring (bicyclic) bond motifs is 1. The van der Waals surface area contributed by atoms with Crippen LogP contribution in [0.2, 0.25) is 0 Å². The topological polar surface area (TPSA) is 0 Å².